The number of hydrogen-bond acceptors (Lipinski definition) is 4. The van der Waals surface area contributed by atoms with Crippen LogP contribution >= 0.6 is 0 Å². The summed E-state index contributed by atoms with van der Waals surface area (Å²) in [7, 11) is 0. The van der Waals surface area contributed by atoms with Gasteiger partial charge in [-0.05, 0) is 24.3 Å². The van der Waals surface area contributed by atoms with E-state index in [0.717, 1.165) is 24.3 Å². The molecular formula is C15H11F3NO4-. The minimum absolute atomic E-state index is 0.145. The maximum absolute atomic E-state index is 12.5. The molecule has 1 fully saturated rings. The van der Waals surface area contributed by atoms with E-state index in [2.05, 4.69) is 5.32 Å². The van der Waals surface area contributed by atoms with E-state index >= 15 is 0 Å². The highest BCUT2D eigenvalue weighted by Gasteiger charge is 2.50. The summed E-state index contributed by atoms with van der Waals surface area (Å²) in [6.07, 6.45) is -2.69. The molecule has 0 radical (unpaired) electrons. The summed E-state index contributed by atoms with van der Waals surface area (Å²) in [5, 5.41) is 13.6. The number of anilines is 1. The van der Waals surface area contributed by atoms with E-state index in [1.165, 1.54) is 0 Å². The standard InChI is InChI=1S/C15H12F3NO4/c16-15(17,18)7-1-3-8(4-2-7)19-13(20)11-9-5-6-10(23-9)12(11)14(21)22/h1-6,9-12H,(H,19,20)(H,21,22)/p-1/t9-,10+,11-,12+/m1/s1. The van der Waals surface area contributed by atoms with Crippen molar-refractivity contribution in [1.29, 1.82) is 0 Å². The molecule has 5 nitrogen and oxygen atoms in total. The highest BCUT2D eigenvalue weighted by Crippen LogP contribution is 2.39. The van der Waals surface area contributed by atoms with Crippen LogP contribution in [-0.2, 0) is 20.5 Å². The van der Waals surface area contributed by atoms with E-state index < -0.39 is 47.7 Å². The normalized spacial score (nSPS) is 28.8. The molecule has 0 saturated carbocycles. The molecule has 23 heavy (non-hydrogen) atoms. The summed E-state index contributed by atoms with van der Waals surface area (Å²) < 4.78 is 42.8. The van der Waals surface area contributed by atoms with Crippen LogP contribution in [0.15, 0.2) is 36.4 Å². The van der Waals surface area contributed by atoms with Crippen LogP contribution in [0.4, 0.5) is 18.9 Å². The van der Waals surface area contributed by atoms with Gasteiger partial charge in [-0.25, -0.2) is 0 Å². The van der Waals surface area contributed by atoms with Gasteiger partial charge in [0.15, 0.2) is 0 Å². The molecule has 1 aromatic carbocycles. The Morgan fingerprint density at radius 3 is 2.13 bits per heavy atom. The third kappa shape index (κ3) is 2.81. The highest BCUT2D eigenvalue weighted by molar-refractivity contribution is 5.96. The van der Waals surface area contributed by atoms with Gasteiger partial charge in [-0.3, -0.25) is 4.79 Å². The van der Waals surface area contributed by atoms with E-state index in [-0.39, 0.29) is 5.69 Å². The second kappa shape index (κ2) is 5.38. The molecule has 4 atom stereocenters. The second-order valence-electron chi connectivity index (χ2n) is 5.39. The molecule has 2 bridgehead atoms. The number of ether oxygens (including phenoxy) is 1. The fourth-order valence-electron chi connectivity index (χ4n) is 2.87. The SMILES string of the molecule is O=C([O-])[C@@H]1[C@H](C(=O)Nc2ccc(C(F)(F)F)cc2)[C@H]2C=C[C@@H]1O2. The molecule has 2 aliphatic heterocycles. The third-order valence-corrected chi connectivity index (χ3v) is 3.95. The number of alkyl halides is 3. The summed E-state index contributed by atoms with van der Waals surface area (Å²) in [5.74, 6) is -4.11. The van der Waals surface area contributed by atoms with E-state index in [9.17, 15) is 27.9 Å². The largest absolute Gasteiger partial charge is 0.550 e. The number of nitrogens with one attached hydrogen (secondary N) is 1. The second-order valence-corrected chi connectivity index (χ2v) is 5.39. The van der Waals surface area contributed by atoms with Crippen molar-refractivity contribution in [3.8, 4) is 0 Å². The smallest absolute Gasteiger partial charge is 0.416 e. The van der Waals surface area contributed by atoms with Gasteiger partial charge in [-0.15, -0.1) is 0 Å². The van der Waals surface area contributed by atoms with E-state index in [0.29, 0.717) is 0 Å². The first-order valence-corrected chi connectivity index (χ1v) is 6.80. The number of fused-ring (bicyclic) bond motifs is 2. The number of hydrogen-bond donors (Lipinski definition) is 1. The topological polar surface area (TPSA) is 78.5 Å². The predicted molar refractivity (Wildman–Crippen MR) is 69.9 cm³/mol. The van der Waals surface area contributed by atoms with Gasteiger partial charge in [0.1, 0.15) is 0 Å². The molecule has 1 aromatic rings. The summed E-state index contributed by atoms with van der Waals surface area (Å²) >= 11 is 0. The third-order valence-electron chi connectivity index (χ3n) is 3.95. The van der Waals surface area contributed by atoms with E-state index in [1.54, 1.807) is 12.2 Å². The van der Waals surface area contributed by atoms with Gasteiger partial charge in [-0.2, -0.15) is 13.2 Å². The zero-order chi connectivity index (χ0) is 16.8. The molecule has 1 saturated heterocycles. The maximum atomic E-state index is 12.5. The van der Waals surface area contributed by atoms with Crippen molar-refractivity contribution in [2.24, 2.45) is 11.8 Å². The quantitative estimate of drug-likeness (QED) is 0.840. The molecule has 0 aromatic heterocycles. The van der Waals surface area contributed by atoms with Crippen molar-refractivity contribution in [3.63, 3.8) is 0 Å². The number of benzene rings is 1. The van der Waals surface area contributed by atoms with Gasteiger partial charge in [0.25, 0.3) is 0 Å². The summed E-state index contributed by atoms with van der Waals surface area (Å²) in [6.45, 7) is 0. The monoisotopic (exact) mass is 326 g/mol. The Hall–Kier alpha value is -2.35. The molecular weight excluding hydrogens is 315 g/mol. The molecule has 2 aliphatic rings. The van der Waals surface area contributed by atoms with Crippen LogP contribution in [0.3, 0.4) is 0 Å². The number of rotatable bonds is 3. The average molecular weight is 326 g/mol. The first kappa shape index (κ1) is 15.5. The van der Waals surface area contributed by atoms with Gasteiger partial charge in [0.05, 0.1) is 23.7 Å². The summed E-state index contributed by atoms with van der Waals surface area (Å²) in [5.41, 5.74) is -0.693. The number of halogens is 3. The van der Waals surface area contributed by atoms with Crippen LogP contribution in [0, 0.1) is 11.8 Å². The minimum atomic E-state index is -4.47. The van der Waals surface area contributed by atoms with Gasteiger partial charge in [0, 0.05) is 17.6 Å². The molecule has 1 amide bonds. The van der Waals surface area contributed by atoms with Crippen molar-refractivity contribution in [1.82, 2.24) is 0 Å². The van der Waals surface area contributed by atoms with Gasteiger partial charge < -0.3 is 20.0 Å². The Labute approximate surface area is 128 Å². The lowest BCUT2D eigenvalue weighted by Crippen LogP contribution is -2.45. The molecule has 0 aliphatic carbocycles. The zero-order valence-electron chi connectivity index (χ0n) is 11.5. The van der Waals surface area contributed by atoms with Gasteiger partial charge in [0.2, 0.25) is 5.91 Å². The number of carbonyl (C=O) groups is 2. The predicted octanol–water partition coefficient (Wildman–Crippen LogP) is 0.963. The molecule has 122 valence electrons. The van der Waals surface area contributed by atoms with Crippen molar-refractivity contribution in [3.05, 3.63) is 42.0 Å². The average Bonchev–Trinajstić information content (AvgIpc) is 3.07. The minimum Gasteiger partial charge on any atom is -0.550 e. The van der Waals surface area contributed by atoms with Gasteiger partial charge >= 0.3 is 6.18 Å². The van der Waals surface area contributed by atoms with Gasteiger partial charge in [-0.1, -0.05) is 12.2 Å². The van der Waals surface area contributed by atoms with Crippen molar-refractivity contribution >= 4 is 17.6 Å². The molecule has 8 heteroatoms. The molecule has 2 heterocycles. The summed E-state index contributed by atoms with van der Waals surface area (Å²) in [4.78, 5) is 23.4. The Bertz CT molecular complexity index is 668. The fourth-order valence-corrected chi connectivity index (χ4v) is 2.87. The lowest BCUT2D eigenvalue weighted by atomic mass is 9.82. The first-order chi connectivity index (χ1) is 10.8. The summed E-state index contributed by atoms with van der Waals surface area (Å²) in [6, 6.07) is 3.89. The Morgan fingerprint density at radius 2 is 1.61 bits per heavy atom. The Balaban J connectivity index is 1.74. The number of carboxylic acids is 1. The number of amides is 1. The highest BCUT2D eigenvalue weighted by atomic mass is 19.4. The van der Waals surface area contributed by atoms with Crippen molar-refractivity contribution in [2.75, 3.05) is 5.32 Å². The number of carbonyl (C=O) groups excluding carboxylic acids is 2. The fraction of sp³-hybridized carbons (Fsp3) is 0.333. The van der Waals surface area contributed by atoms with E-state index in [1.807, 2.05) is 0 Å². The Morgan fingerprint density at radius 1 is 1.04 bits per heavy atom. The lowest BCUT2D eigenvalue weighted by molar-refractivity contribution is -0.313. The lowest BCUT2D eigenvalue weighted by Gasteiger charge is -2.25. The molecule has 0 spiro atoms. The zero-order valence-corrected chi connectivity index (χ0v) is 11.5. The van der Waals surface area contributed by atoms with Crippen LogP contribution < -0.4 is 10.4 Å². The molecule has 1 N–H and O–H groups in total. The molecule has 3 rings (SSSR count). The van der Waals surface area contributed by atoms with Crippen LogP contribution in [0.5, 0.6) is 0 Å². The molecule has 0 unspecified atom stereocenters. The number of aliphatic carboxylic acids is 1. The van der Waals surface area contributed by atoms with Crippen LogP contribution in [0.1, 0.15) is 5.56 Å². The van der Waals surface area contributed by atoms with E-state index in [4.69, 9.17) is 4.74 Å². The Kier molecular flexibility index (Phi) is 3.63. The van der Waals surface area contributed by atoms with Crippen LogP contribution in [-0.4, -0.2) is 24.1 Å². The number of carboxylic acid groups (broad SMARTS) is 1. The maximum Gasteiger partial charge on any atom is 0.416 e. The first-order valence-electron chi connectivity index (χ1n) is 6.80. The van der Waals surface area contributed by atoms with Crippen LogP contribution in [0.2, 0.25) is 0 Å². The van der Waals surface area contributed by atoms with Crippen molar-refractivity contribution < 1.29 is 32.6 Å². The van der Waals surface area contributed by atoms with Crippen molar-refractivity contribution in [2.45, 2.75) is 18.4 Å². The van der Waals surface area contributed by atoms with Crippen LogP contribution in [0.25, 0.3) is 0 Å².